The van der Waals surface area contributed by atoms with E-state index in [-0.39, 0.29) is 0 Å². The van der Waals surface area contributed by atoms with Gasteiger partial charge in [-0.1, -0.05) is 0 Å². The van der Waals surface area contributed by atoms with Crippen molar-refractivity contribution in [2.75, 3.05) is 6.61 Å². The van der Waals surface area contributed by atoms with Crippen molar-refractivity contribution in [3.8, 4) is 5.75 Å². The molecule has 0 saturated carbocycles. The van der Waals surface area contributed by atoms with Crippen molar-refractivity contribution >= 4 is 11.3 Å². The predicted molar refractivity (Wildman–Crippen MR) is 60.0 cm³/mol. The van der Waals surface area contributed by atoms with Gasteiger partial charge in [0, 0.05) is 11.8 Å². The SMILES string of the molecule is C[n+]1ccn(CCCOc2ccsc2)c1. The molecule has 4 heteroatoms. The van der Waals surface area contributed by atoms with E-state index in [4.69, 9.17) is 4.74 Å². The highest BCUT2D eigenvalue weighted by molar-refractivity contribution is 7.08. The first-order valence-corrected chi connectivity index (χ1v) is 5.95. The van der Waals surface area contributed by atoms with Crippen LogP contribution in [0.25, 0.3) is 0 Å². The lowest BCUT2D eigenvalue weighted by Crippen LogP contribution is -2.23. The minimum Gasteiger partial charge on any atom is -0.493 e. The number of imidazole rings is 1. The molecule has 0 unspecified atom stereocenters. The van der Waals surface area contributed by atoms with Crippen molar-refractivity contribution in [3.05, 3.63) is 35.5 Å². The summed E-state index contributed by atoms with van der Waals surface area (Å²) in [5, 5.41) is 4.05. The van der Waals surface area contributed by atoms with Crippen LogP contribution in [0, 0.1) is 0 Å². The van der Waals surface area contributed by atoms with Crippen molar-refractivity contribution in [3.63, 3.8) is 0 Å². The molecule has 0 aliphatic carbocycles. The molecule has 0 saturated heterocycles. The first kappa shape index (κ1) is 10.2. The minimum absolute atomic E-state index is 0.776. The molecule has 80 valence electrons. The largest absolute Gasteiger partial charge is 0.493 e. The summed E-state index contributed by atoms with van der Waals surface area (Å²) in [6.45, 7) is 1.78. The van der Waals surface area contributed by atoms with Crippen molar-refractivity contribution in [1.29, 1.82) is 0 Å². The summed E-state index contributed by atoms with van der Waals surface area (Å²) in [6.07, 6.45) is 7.22. The lowest BCUT2D eigenvalue weighted by molar-refractivity contribution is -0.671. The quantitative estimate of drug-likeness (QED) is 0.559. The van der Waals surface area contributed by atoms with Crippen molar-refractivity contribution in [1.82, 2.24) is 4.57 Å². The van der Waals surface area contributed by atoms with Crippen LogP contribution >= 0.6 is 11.3 Å². The average Bonchev–Trinajstić information content (AvgIpc) is 2.84. The first-order chi connectivity index (χ1) is 7.34. The molecular weight excluding hydrogens is 208 g/mol. The molecule has 2 rings (SSSR count). The second-order valence-corrected chi connectivity index (χ2v) is 4.26. The van der Waals surface area contributed by atoms with E-state index < -0.39 is 0 Å². The van der Waals surface area contributed by atoms with Gasteiger partial charge in [-0.25, -0.2) is 9.13 Å². The Morgan fingerprint density at radius 2 is 2.47 bits per heavy atom. The van der Waals surface area contributed by atoms with Gasteiger partial charge in [0.2, 0.25) is 6.33 Å². The van der Waals surface area contributed by atoms with E-state index in [1.807, 2.05) is 34.6 Å². The number of rotatable bonds is 5. The smallest absolute Gasteiger partial charge is 0.243 e. The maximum atomic E-state index is 5.56. The van der Waals surface area contributed by atoms with Crippen molar-refractivity contribution in [2.45, 2.75) is 13.0 Å². The van der Waals surface area contributed by atoms with Crippen LogP contribution < -0.4 is 9.30 Å². The molecule has 0 amide bonds. The van der Waals surface area contributed by atoms with Crippen LogP contribution in [0.1, 0.15) is 6.42 Å². The van der Waals surface area contributed by atoms with Crippen LogP contribution in [0.2, 0.25) is 0 Å². The topological polar surface area (TPSA) is 18.0 Å². The van der Waals surface area contributed by atoms with Crippen LogP contribution in [0.15, 0.2) is 35.5 Å². The number of nitrogens with zero attached hydrogens (tertiary/aromatic N) is 2. The molecule has 0 aromatic carbocycles. The van der Waals surface area contributed by atoms with E-state index in [1.165, 1.54) is 0 Å². The van der Waals surface area contributed by atoms with Crippen LogP contribution in [-0.2, 0) is 13.6 Å². The zero-order valence-corrected chi connectivity index (χ0v) is 9.61. The molecule has 0 spiro atoms. The number of aromatic nitrogens is 2. The predicted octanol–water partition coefficient (Wildman–Crippen LogP) is 1.84. The van der Waals surface area contributed by atoms with Gasteiger partial charge in [0.1, 0.15) is 18.1 Å². The van der Waals surface area contributed by atoms with E-state index in [0.717, 1.165) is 25.3 Å². The third-order valence-corrected chi connectivity index (χ3v) is 2.81. The third-order valence-electron chi connectivity index (χ3n) is 2.15. The van der Waals surface area contributed by atoms with Gasteiger partial charge in [0.15, 0.2) is 0 Å². The van der Waals surface area contributed by atoms with Crippen LogP contribution in [0.4, 0.5) is 0 Å². The van der Waals surface area contributed by atoms with E-state index >= 15 is 0 Å². The van der Waals surface area contributed by atoms with Gasteiger partial charge < -0.3 is 4.74 Å². The molecule has 0 radical (unpaired) electrons. The summed E-state index contributed by atoms with van der Waals surface area (Å²) in [7, 11) is 2.03. The molecule has 2 aromatic heterocycles. The number of aryl methyl sites for hydroxylation is 2. The van der Waals surface area contributed by atoms with E-state index in [1.54, 1.807) is 11.3 Å². The fourth-order valence-corrected chi connectivity index (χ4v) is 1.98. The summed E-state index contributed by atoms with van der Waals surface area (Å²) in [6, 6.07) is 2.00. The molecular formula is C11H15N2OS+. The Bertz CT molecular complexity index is 394. The Labute approximate surface area is 93.6 Å². The molecule has 0 aliphatic rings. The first-order valence-electron chi connectivity index (χ1n) is 5.00. The van der Waals surface area contributed by atoms with Crippen molar-refractivity contribution in [2.24, 2.45) is 7.05 Å². The van der Waals surface area contributed by atoms with Gasteiger partial charge in [-0.3, -0.25) is 0 Å². The Hall–Kier alpha value is -1.29. The second kappa shape index (κ2) is 4.98. The fraction of sp³-hybridized carbons (Fsp3) is 0.364. The lowest BCUT2D eigenvalue weighted by atomic mass is 10.4. The molecule has 0 atom stereocenters. The molecule has 2 aromatic rings. The van der Waals surface area contributed by atoms with E-state index in [0.29, 0.717) is 0 Å². The lowest BCUT2D eigenvalue weighted by Gasteiger charge is -2.01. The summed E-state index contributed by atoms with van der Waals surface area (Å²) < 4.78 is 9.77. The Morgan fingerprint density at radius 1 is 1.53 bits per heavy atom. The second-order valence-electron chi connectivity index (χ2n) is 3.48. The van der Waals surface area contributed by atoms with Crippen LogP contribution in [0.5, 0.6) is 5.75 Å². The summed E-state index contributed by atoms with van der Waals surface area (Å²) in [5.41, 5.74) is 0. The molecule has 3 nitrogen and oxygen atoms in total. The summed E-state index contributed by atoms with van der Waals surface area (Å²) >= 11 is 1.66. The molecule has 0 N–H and O–H groups in total. The van der Waals surface area contributed by atoms with Gasteiger partial charge in [-0.2, -0.15) is 0 Å². The van der Waals surface area contributed by atoms with Crippen LogP contribution in [-0.4, -0.2) is 11.2 Å². The van der Waals surface area contributed by atoms with Gasteiger partial charge in [-0.05, 0) is 11.4 Å². The summed E-state index contributed by atoms with van der Waals surface area (Å²) in [4.78, 5) is 0. The zero-order chi connectivity index (χ0) is 10.5. The van der Waals surface area contributed by atoms with E-state index in [9.17, 15) is 0 Å². The minimum atomic E-state index is 0.776. The normalized spacial score (nSPS) is 10.5. The number of hydrogen-bond acceptors (Lipinski definition) is 2. The Kier molecular flexibility index (Phi) is 3.40. The Balaban J connectivity index is 1.67. The Morgan fingerprint density at radius 3 is 3.13 bits per heavy atom. The molecule has 0 aliphatic heterocycles. The maximum absolute atomic E-state index is 5.56. The number of ether oxygens (including phenoxy) is 1. The zero-order valence-electron chi connectivity index (χ0n) is 8.80. The molecule has 0 bridgehead atoms. The fourth-order valence-electron chi connectivity index (χ4n) is 1.41. The monoisotopic (exact) mass is 223 g/mol. The molecule has 15 heavy (non-hydrogen) atoms. The summed E-state index contributed by atoms with van der Waals surface area (Å²) in [5.74, 6) is 0.984. The molecule has 0 fully saturated rings. The van der Waals surface area contributed by atoms with Gasteiger partial charge in [-0.15, -0.1) is 11.3 Å². The highest BCUT2D eigenvalue weighted by atomic mass is 32.1. The highest BCUT2D eigenvalue weighted by Gasteiger charge is 1.99. The van der Waals surface area contributed by atoms with Crippen LogP contribution in [0.3, 0.4) is 0 Å². The van der Waals surface area contributed by atoms with Gasteiger partial charge in [0.05, 0.1) is 20.2 Å². The molecule has 2 heterocycles. The standard InChI is InChI=1S/C11H15N2OS/c1-12-5-6-13(10-12)4-2-7-14-11-3-8-15-9-11/h3,5-6,8-10H,2,4,7H2,1H3/q+1. The third kappa shape index (κ3) is 3.09. The number of hydrogen-bond donors (Lipinski definition) is 0. The maximum Gasteiger partial charge on any atom is 0.243 e. The van der Waals surface area contributed by atoms with E-state index in [2.05, 4.69) is 17.1 Å². The van der Waals surface area contributed by atoms with Crippen molar-refractivity contribution < 1.29 is 9.30 Å². The van der Waals surface area contributed by atoms with Gasteiger partial charge >= 0.3 is 0 Å². The number of thiophene rings is 1. The highest BCUT2D eigenvalue weighted by Crippen LogP contribution is 2.14. The van der Waals surface area contributed by atoms with Gasteiger partial charge in [0.25, 0.3) is 0 Å². The average molecular weight is 223 g/mol.